The topological polar surface area (TPSA) is 70.7 Å². The highest BCUT2D eigenvalue weighted by Gasteiger charge is 2.37. The third-order valence-corrected chi connectivity index (χ3v) is 2.73. The maximum absolute atomic E-state index is 12.7. The van der Waals surface area contributed by atoms with Crippen LogP contribution in [0.25, 0.3) is 0 Å². The zero-order valence-corrected chi connectivity index (χ0v) is 11.1. The molecule has 2 aromatic rings. The Morgan fingerprint density at radius 3 is 2.04 bits per heavy atom. The van der Waals surface area contributed by atoms with Gasteiger partial charge in [-0.05, 0) is 18.2 Å². The number of hydrogen-bond acceptors (Lipinski definition) is 3. The van der Waals surface area contributed by atoms with Crippen molar-refractivity contribution in [2.24, 2.45) is 0 Å². The minimum atomic E-state index is -5.01. The van der Waals surface area contributed by atoms with Gasteiger partial charge >= 0.3 is 12.4 Å². The maximum Gasteiger partial charge on any atom is 0.416 e. The zero-order chi connectivity index (χ0) is 17.3. The Morgan fingerprint density at radius 1 is 1.04 bits per heavy atom. The molecular weight excluding hydrogens is 330 g/mol. The number of carbonyl (C=O) groups excluding carboxylic acids is 1. The van der Waals surface area contributed by atoms with Crippen LogP contribution in [-0.4, -0.2) is 21.1 Å². The molecule has 0 fully saturated rings. The number of aromatic amines is 1. The second-order valence-corrected chi connectivity index (χ2v) is 4.41. The van der Waals surface area contributed by atoms with Crippen LogP contribution in [0.2, 0.25) is 0 Å². The van der Waals surface area contributed by atoms with Crippen LogP contribution in [0.3, 0.4) is 0 Å². The summed E-state index contributed by atoms with van der Waals surface area (Å²) >= 11 is 0. The van der Waals surface area contributed by atoms with Crippen LogP contribution in [0.1, 0.15) is 27.3 Å². The van der Waals surface area contributed by atoms with Gasteiger partial charge in [-0.25, -0.2) is 4.98 Å². The third kappa shape index (κ3) is 4.20. The molecular formula is C12H8F6N4O. The highest BCUT2D eigenvalue weighted by atomic mass is 19.4. The molecule has 0 aliphatic heterocycles. The number of aromatic nitrogens is 3. The van der Waals surface area contributed by atoms with Gasteiger partial charge in [0.1, 0.15) is 12.2 Å². The molecule has 0 bridgehead atoms. The third-order valence-electron chi connectivity index (χ3n) is 2.73. The molecule has 2 rings (SSSR count). The van der Waals surface area contributed by atoms with Gasteiger partial charge in [0.05, 0.1) is 17.7 Å². The summed E-state index contributed by atoms with van der Waals surface area (Å²) in [6, 6.07) is 0.656. The van der Waals surface area contributed by atoms with E-state index < -0.39 is 35.0 Å². The molecule has 1 aromatic carbocycles. The minimum absolute atomic E-state index is 0.0484. The molecule has 1 amide bonds. The molecule has 0 aliphatic carbocycles. The summed E-state index contributed by atoms with van der Waals surface area (Å²) in [5, 5.41) is 8.01. The number of H-pyrrole nitrogens is 1. The van der Waals surface area contributed by atoms with Gasteiger partial charge in [0, 0.05) is 5.56 Å². The fraction of sp³-hybridized carbons (Fsp3) is 0.250. The lowest BCUT2D eigenvalue weighted by Gasteiger charge is -2.14. The van der Waals surface area contributed by atoms with Crippen molar-refractivity contribution in [2.45, 2.75) is 18.9 Å². The first-order valence-corrected chi connectivity index (χ1v) is 5.99. The first-order chi connectivity index (χ1) is 10.6. The van der Waals surface area contributed by atoms with E-state index in [4.69, 9.17) is 0 Å². The predicted octanol–water partition coefficient (Wildman–Crippen LogP) is 2.77. The Kier molecular flexibility index (Phi) is 4.30. The summed E-state index contributed by atoms with van der Waals surface area (Å²) in [6.07, 6.45) is -8.89. The number of nitrogens with zero attached hydrogens (tertiary/aromatic N) is 2. The van der Waals surface area contributed by atoms with Crippen molar-refractivity contribution in [3.05, 3.63) is 47.0 Å². The second kappa shape index (κ2) is 5.89. The summed E-state index contributed by atoms with van der Waals surface area (Å²) in [6.45, 7) is -0.226. The van der Waals surface area contributed by atoms with E-state index >= 15 is 0 Å². The molecule has 0 saturated heterocycles. The molecule has 0 saturated carbocycles. The molecule has 1 heterocycles. The van der Waals surface area contributed by atoms with Crippen LogP contribution in [0, 0.1) is 0 Å². The van der Waals surface area contributed by atoms with Crippen LogP contribution >= 0.6 is 0 Å². The Morgan fingerprint density at radius 2 is 1.61 bits per heavy atom. The van der Waals surface area contributed by atoms with Gasteiger partial charge < -0.3 is 5.32 Å². The summed E-state index contributed by atoms with van der Waals surface area (Å²) in [4.78, 5) is 15.4. The lowest BCUT2D eigenvalue weighted by molar-refractivity contribution is -0.143. The molecule has 23 heavy (non-hydrogen) atoms. The quantitative estimate of drug-likeness (QED) is 0.846. The number of nitrogens with one attached hydrogen (secondary N) is 2. The standard InChI is InChI=1S/C12H8F6N4O/c13-11(14,15)7-1-6(2-8(3-7)12(16,17)18)10(23)19-4-9-20-5-21-22-9/h1-3,5H,4H2,(H,19,23)(H,20,21,22). The van der Waals surface area contributed by atoms with E-state index in [0.29, 0.717) is 12.1 Å². The lowest BCUT2D eigenvalue weighted by atomic mass is 10.0. The Bertz CT molecular complexity index is 660. The van der Waals surface area contributed by atoms with Crippen molar-refractivity contribution in [2.75, 3.05) is 0 Å². The van der Waals surface area contributed by atoms with E-state index in [1.165, 1.54) is 0 Å². The molecule has 0 atom stereocenters. The van der Waals surface area contributed by atoms with Crippen molar-refractivity contribution in [3.8, 4) is 0 Å². The van der Waals surface area contributed by atoms with E-state index in [-0.39, 0.29) is 18.4 Å². The van der Waals surface area contributed by atoms with Crippen molar-refractivity contribution in [3.63, 3.8) is 0 Å². The molecule has 0 aliphatic rings. The summed E-state index contributed by atoms with van der Waals surface area (Å²) in [7, 11) is 0. The van der Waals surface area contributed by atoms with Gasteiger partial charge in [-0.3, -0.25) is 9.89 Å². The Labute approximate surface area is 124 Å². The van der Waals surface area contributed by atoms with Gasteiger partial charge in [-0.15, -0.1) is 0 Å². The molecule has 2 N–H and O–H groups in total. The first kappa shape index (κ1) is 16.8. The number of amides is 1. The number of halogens is 6. The van der Waals surface area contributed by atoms with E-state index in [0.717, 1.165) is 6.33 Å². The van der Waals surface area contributed by atoms with Gasteiger partial charge in [0.2, 0.25) is 0 Å². The van der Waals surface area contributed by atoms with Crippen LogP contribution in [-0.2, 0) is 18.9 Å². The highest BCUT2D eigenvalue weighted by molar-refractivity contribution is 5.94. The number of rotatable bonds is 3. The van der Waals surface area contributed by atoms with Gasteiger partial charge in [-0.2, -0.15) is 31.4 Å². The van der Waals surface area contributed by atoms with Crippen molar-refractivity contribution >= 4 is 5.91 Å². The van der Waals surface area contributed by atoms with E-state index in [2.05, 4.69) is 20.5 Å². The average molecular weight is 338 g/mol. The number of carbonyl (C=O) groups is 1. The van der Waals surface area contributed by atoms with E-state index in [1.807, 2.05) is 0 Å². The fourth-order valence-electron chi connectivity index (χ4n) is 1.67. The van der Waals surface area contributed by atoms with Crippen molar-refractivity contribution < 1.29 is 31.1 Å². The Balaban J connectivity index is 2.31. The second-order valence-electron chi connectivity index (χ2n) is 4.41. The number of alkyl halides is 6. The molecule has 5 nitrogen and oxygen atoms in total. The smallest absolute Gasteiger partial charge is 0.345 e. The Hall–Kier alpha value is -2.59. The number of hydrogen-bond donors (Lipinski definition) is 2. The average Bonchev–Trinajstić information content (AvgIpc) is 2.95. The maximum atomic E-state index is 12.7. The van der Waals surface area contributed by atoms with Crippen LogP contribution in [0.4, 0.5) is 26.3 Å². The summed E-state index contributed by atoms with van der Waals surface area (Å²) < 4.78 is 76.1. The van der Waals surface area contributed by atoms with Crippen molar-refractivity contribution in [1.29, 1.82) is 0 Å². The van der Waals surface area contributed by atoms with E-state index in [1.54, 1.807) is 0 Å². The minimum Gasteiger partial charge on any atom is -0.345 e. The van der Waals surface area contributed by atoms with Crippen LogP contribution in [0.5, 0.6) is 0 Å². The van der Waals surface area contributed by atoms with Crippen LogP contribution < -0.4 is 5.32 Å². The first-order valence-electron chi connectivity index (χ1n) is 5.99. The molecule has 0 radical (unpaired) electrons. The predicted molar refractivity (Wildman–Crippen MR) is 64.0 cm³/mol. The zero-order valence-electron chi connectivity index (χ0n) is 11.1. The molecule has 11 heteroatoms. The fourth-order valence-corrected chi connectivity index (χ4v) is 1.67. The largest absolute Gasteiger partial charge is 0.416 e. The van der Waals surface area contributed by atoms with Gasteiger partial charge in [0.15, 0.2) is 0 Å². The lowest BCUT2D eigenvalue weighted by Crippen LogP contribution is -2.24. The van der Waals surface area contributed by atoms with Gasteiger partial charge in [-0.1, -0.05) is 0 Å². The van der Waals surface area contributed by atoms with E-state index in [9.17, 15) is 31.1 Å². The van der Waals surface area contributed by atoms with Gasteiger partial charge in [0.25, 0.3) is 5.91 Å². The molecule has 0 spiro atoms. The SMILES string of the molecule is O=C(NCc1ncn[nH]1)c1cc(C(F)(F)F)cc(C(F)(F)F)c1. The normalized spacial score (nSPS) is 12.3. The molecule has 124 valence electrons. The number of benzene rings is 1. The summed E-state index contributed by atoms with van der Waals surface area (Å²) in [5.41, 5.74) is -3.87. The van der Waals surface area contributed by atoms with Crippen molar-refractivity contribution in [1.82, 2.24) is 20.5 Å². The summed E-state index contributed by atoms with van der Waals surface area (Å²) in [5.74, 6) is -0.903. The monoisotopic (exact) mass is 338 g/mol. The molecule has 0 unspecified atom stereocenters. The van der Waals surface area contributed by atoms with Crippen LogP contribution in [0.15, 0.2) is 24.5 Å². The highest BCUT2D eigenvalue weighted by Crippen LogP contribution is 2.36. The molecule has 1 aromatic heterocycles.